The van der Waals surface area contributed by atoms with Crippen LogP contribution in [0, 0.1) is 12.8 Å². The number of para-hydroxylation sites is 1. The second-order valence-electron chi connectivity index (χ2n) is 6.60. The summed E-state index contributed by atoms with van der Waals surface area (Å²) in [6.07, 6.45) is 2.91. The van der Waals surface area contributed by atoms with Crippen molar-refractivity contribution in [3.8, 4) is 0 Å². The van der Waals surface area contributed by atoms with E-state index in [-0.39, 0.29) is 24.2 Å². The highest BCUT2D eigenvalue weighted by atomic mass is 16.5. The standard InChI is InChI=1S/C19H20N4O3/c1-12-8-17(22-26-12)23-11-14(9-18(23)24)19(25)20-7-6-13-10-21-16-5-3-2-4-15(13)16/h2-5,8,10,14,21H,6-7,9,11H2,1H3,(H,20,25). The van der Waals surface area contributed by atoms with Crippen molar-refractivity contribution < 1.29 is 14.1 Å². The van der Waals surface area contributed by atoms with Crippen molar-refractivity contribution in [2.45, 2.75) is 19.8 Å². The lowest BCUT2D eigenvalue weighted by atomic mass is 10.1. The van der Waals surface area contributed by atoms with Crippen molar-refractivity contribution >= 4 is 28.5 Å². The minimum atomic E-state index is -0.359. The van der Waals surface area contributed by atoms with E-state index in [1.165, 1.54) is 15.8 Å². The van der Waals surface area contributed by atoms with Gasteiger partial charge < -0.3 is 14.8 Å². The number of rotatable bonds is 5. The molecule has 26 heavy (non-hydrogen) atoms. The molecule has 0 saturated carbocycles. The Bertz CT molecular complexity index is 959. The van der Waals surface area contributed by atoms with E-state index >= 15 is 0 Å². The molecule has 1 aromatic carbocycles. The molecule has 0 radical (unpaired) electrons. The van der Waals surface area contributed by atoms with Crippen LogP contribution < -0.4 is 10.2 Å². The first-order valence-electron chi connectivity index (χ1n) is 8.68. The molecule has 3 aromatic rings. The average Bonchev–Trinajstić information content (AvgIpc) is 3.34. The fourth-order valence-electron chi connectivity index (χ4n) is 3.39. The highest BCUT2D eigenvalue weighted by Crippen LogP contribution is 2.25. The number of amides is 2. The van der Waals surface area contributed by atoms with Crippen LogP contribution in [0.25, 0.3) is 10.9 Å². The third kappa shape index (κ3) is 3.08. The van der Waals surface area contributed by atoms with Crippen LogP contribution in [0.5, 0.6) is 0 Å². The predicted octanol–water partition coefficient (Wildman–Crippen LogP) is 2.18. The summed E-state index contributed by atoms with van der Waals surface area (Å²) in [7, 11) is 0. The van der Waals surface area contributed by atoms with Crippen LogP contribution >= 0.6 is 0 Å². The normalized spacial score (nSPS) is 17.2. The Labute approximate surface area is 150 Å². The fourth-order valence-corrected chi connectivity index (χ4v) is 3.39. The van der Waals surface area contributed by atoms with Crippen LogP contribution in [0.2, 0.25) is 0 Å². The number of aromatic amines is 1. The molecule has 2 aromatic heterocycles. The van der Waals surface area contributed by atoms with Gasteiger partial charge in [-0.1, -0.05) is 23.4 Å². The first kappa shape index (κ1) is 16.4. The number of aromatic nitrogens is 2. The van der Waals surface area contributed by atoms with Crippen molar-refractivity contribution in [2.75, 3.05) is 18.0 Å². The molecule has 1 aliphatic heterocycles. The number of hydrogen-bond donors (Lipinski definition) is 2. The number of nitrogens with zero attached hydrogens (tertiary/aromatic N) is 2. The molecule has 2 N–H and O–H groups in total. The highest BCUT2D eigenvalue weighted by Gasteiger charge is 2.36. The largest absolute Gasteiger partial charge is 0.361 e. The van der Waals surface area contributed by atoms with E-state index in [0.717, 1.165) is 11.9 Å². The third-order valence-corrected chi connectivity index (χ3v) is 4.76. The zero-order valence-electron chi connectivity index (χ0n) is 14.5. The van der Waals surface area contributed by atoms with Gasteiger partial charge in [-0.05, 0) is 25.0 Å². The van der Waals surface area contributed by atoms with Crippen LogP contribution in [0.15, 0.2) is 41.1 Å². The number of H-pyrrole nitrogens is 1. The van der Waals surface area contributed by atoms with E-state index in [2.05, 4.69) is 21.5 Å². The van der Waals surface area contributed by atoms with Gasteiger partial charge in [-0.15, -0.1) is 0 Å². The lowest BCUT2D eigenvalue weighted by Crippen LogP contribution is -2.34. The summed E-state index contributed by atoms with van der Waals surface area (Å²) in [5.74, 6) is 0.555. The van der Waals surface area contributed by atoms with E-state index in [1.54, 1.807) is 13.0 Å². The first-order chi connectivity index (χ1) is 12.6. The zero-order valence-corrected chi connectivity index (χ0v) is 14.5. The fraction of sp³-hybridized carbons (Fsp3) is 0.316. The Morgan fingerprint density at radius 2 is 2.27 bits per heavy atom. The molecule has 2 amide bonds. The minimum Gasteiger partial charge on any atom is -0.361 e. The van der Waals surface area contributed by atoms with Crippen molar-refractivity contribution in [2.24, 2.45) is 5.92 Å². The average molecular weight is 352 g/mol. The number of carbonyl (C=O) groups excluding carboxylic acids is 2. The van der Waals surface area contributed by atoms with E-state index < -0.39 is 0 Å². The number of aryl methyl sites for hydroxylation is 1. The van der Waals surface area contributed by atoms with Crippen LogP contribution in [-0.2, 0) is 16.0 Å². The molecule has 4 rings (SSSR count). The van der Waals surface area contributed by atoms with Crippen LogP contribution in [0.4, 0.5) is 5.82 Å². The van der Waals surface area contributed by atoms with Gasteiger partial charge >= 0.3 is 0 Å². The topological polar surface area (TPSA) is 91.2 Å². The van der Waals surface area contributed by atoms with Gasteiger partial charge in [0, 0.05) is 42.7 Å². The monoisotopic (exact) mass is 352 g/mol. The molecule has 1 unspecified atom stereocenters. The van der Waals surface area contributed by atoms with E-state index in [1.807, 2.05) is 24.4 Å². The van der Waals surface area contributed by atoms with Crippen LogP contribution in [0.3, 0.4) is 0 Å². The number of fused-ring (bicyclic) bond motifs is 1. The number of nitrogens with one attached hydrogen (secondary N) is 2. The molecular weight excluding hydrogens is 332 g/mol. The molecule has 1 saturated heterocycles. The minimum absolute atomic E-state index is 0.0964. The molecule has 0 bridgehead atoms. The molecule has 1 atom stereocenters. The van der Waals surface area contributed by atoms with Gasteiger partial charge in [0.15, 0.2) is 5.82 Å². The molecule has 1 aliphatic rings. The van der Waals surface area contributed by atoms with Gasteiger partial charge in [-0.2, -0.15) is 0 Å². The Kier molecular flexibility index (Phi) is 4.20. The molecule has 134 valence electrons. The molecule has 1 fully saturated rings. The van der Waals surface area contributed by atoms with Gasteiger partial charge in [0.05, 0.1) is 5.92 Å². The molecule has 0 spiro atoms. The third-order valence-electron chi connectivity index (χ3n) is 4.76. The first-order valence-corrected chi connectivity index (χ1v) is 8.68. The van der Waals surface area contributed by atoms with Gasteiger partial charge in [-0.25, -0.2) is 0 Å². The molecular formula is C19H20N4O3. The van der Waals surface area contributed by atoms with Crippen molar-refractivity contribution in [3.63, 3.8) is 0 Å². The Morgan fingerprint density at radius 3 is 3.08 bits per heavy atom. The molecule has 7 nitrogen and oxygen atoms in total. The van der Waals surface area contributed by atoms with E-state index in [0.29, 0.717) is 24.7 Å². The van der Waals surface area contributed by atoms with Crippen LogP contribution in [0.1, 0.15) is 17.7 Å². The second-order valence-corrected chi connectivity index (χ2v) is 6.60. The summed E-state index contributed by atoms with van der Waals surface area (Å²) < 4.78 is 5.01. The zero-order chi connectivity index (χ0) is 18.1. The lowest BCUT2D eigenvalue weighted by molar-refractivity contribution is -0.126. The summed E-state index contributed by atoms with van der Waals surface area (Å²) in [5.41, 5.74) is 2.26. The van der Waals surface area contributed by atoms with Gasteiger partial charge in [0.1, 0.15) is 5.76 Å². The Morgan fingerprint density at radius 1 is 1.42 bits per heavy atom. The number of hydrogen-bond acceptors (Lipinski definition) is 4. The summed E-state index contributed by atoms with van der Waals surface area (Å²) in [5, 5.41) is 7.98. The number of benzene rings is 1. The smallest absolute Gasteiger partial charge is 0.229 e. The second kappa shape index (κ2) is 6.67. The quantitative estimate of drug-likeness (QED) is 0.736. The maximum Gasteiger partial charge on any atom is 0.229 e. The van der Waals surface area contributed by atoms with Gasteiger partial charge in [-0.3, -0.25) is 14.5 Å². The summed E-state index contributed by atoms with van der Waals surface area (Å²) in [6, 6.07) is 9.79. The van der Waals surface area contributed by atoms with E-state index in [4.69, 9.17) is 4.52 Å². The Balaban J connectivity index is 1.33. The maximum absolute atomic E-state index is 12.4. The molecule has 7 heteroatoms. The summed E-state index contributed by atoms with van der Waals surface area (Å²) in [6.45, 7) is 2.64. The SMILES string of the molecule is Cc1cc(N2CC(C(=O)NCCc3c[nH]c4ccccc34)CC2=O)no1. The van der Waals surface area contributed by atoms with E-state index in [9.17, 15) is 9.59 Å². The lowest BCUT2D eigenvalue weighted by Gasteiger charge is -2.12. The van der Waals surface area contributed by atoms with Gasteiger partial charge in [0.2, 0.25) is 11.8 Å². The van der Waals surface area contributed by atoms with Crippen molar-refractivity contribution in [1.29, 1.82) is 0 Å². The molecule has 0 aliphatic carbocycles. The highest BCUT2D eigenvalue weighted by molar-refractivity contribution is 5.99. The van der Waals surface area contributed by atoms with Crippen molar-refractivity contribution in [3.05, 3.63) is 47.9 Å². The van der Waals surface area contributed by atoms with Crippen LogP contribution in [-0.4, -0.2) is 35.0 Å². The maximum atomic E-state index is 12.4. The summed E-state index contributed by atoms with van der Waals surface area (Å²) in [4.78, 5) is 29.3. The Hall–Kier alpha value is -3.09. The number of carbonyl (C=O) groups is 2. The molecule has 3 heterocycles. The number of anilines is 1. The van der Waals surface area contributed by atoms with Gasteiger partial charge in [0.25, 0.3) is 0 Å². The summed E-state index contributed by atoms with van der Waals surface area (Å²) >= 11 is 0. The predicted molar refractivity (Wildman–Crippen MR) is 96.7 cm³/mol. The van der Waals surface area contributed by atoms with Crippen molar-refractivity contribution in [1.82, 2.24) is 15.5 Å².